The summed E-state index contributed by atoms with van der Waals surface area (Å²) in [5.41, 5.74) is 9.85. The zero-order valence-electron chi connectivity index (χ0n) is 18.1. The maximum Gasteiger partial charge on any atom is 0.0361 e. The number of benzene rings is 4. The van der Waals surface area contributed by atoms with Crippen LogP contribution in [0.5, 0.6) is 0 Å². The van der Waals surface area contributed by atoms with Crippen molar-refractivity contribution in [2.75, 3.05) is 38.0 Å². The van der Waals surface area contributed by atoms with Gasteiger partial charge >= 0.3 is 0 Å². The van der Waals surface area contributed by atoms with Crippen LogP contribution in [0.3, 0.4) is 0 Å². The lowest BCUT2D eigenvalue weighted by Crippen LogP contribution is -2.07. The predicted octanol–water partition coefficient (Wildman–Crippen LogP) is 6.82. The third-order valence-electron chi connectivity index (χ3n) is 5.54. The van der Waals surface area contributed by atoms with Crippen LogP contribution in [0.4, 0.5) is 11.4 Å². The van der Waals surface area contributed by atoms with E-state index in [1.54, 1.807) is 0 Å². The predicted molar refractivity (Wildman–Crippen MR) is 131 cm³/mol. The molecular formula is C28H28N2. The van der Waals surface area contributed by atoms with Crippen molar-refractivity contribution in [3.63, 3.8) is 0 Å². The number of hydrogen-bond acceptors (Lipinski definition) is 2. The summed E-state index contributed by atoms with van der Waals surface area (Å²) in [6.45, 7) is 0. The van der Waals surface area contributed by atoms with Crippen molar-refractivity contribution in [2.24, 2.45) is 0 Å². The summed E-state index contributed by atoms with van der Waals surface area (Å²) in [4.78, 5) is 4.24. The minimum Gasteiger partial charge on any atom is -0.378 e. The second-order valence-corrected chi connectivity index (χ2v) is 8.04. The van der Waals surface area contributed by atoms with Gasteiger partial charge in [0.1, 0.15) is 0 Å². The molecule has 0 saturated carbocycles. The normalized spacial score (nSPS) is 10.7. The Labute approximate surface area is 180 Å². The van der Waals surface area contributed by atoms with Crippen LogP contribution in [-0.4, -0.2) is 28.2 Å². The van der Waals surface area contributed by atoms with Crippen molar-refractivity contribution < 1.29 is 0 Å². The van der Waals surface area contributed by atoms with Crippen LogP contribution in [0.1, 0.15) is 0 Å². The fraction of sp³-hybridized carbons (Fsp3) is 0.143. The summed E-state index contributed by atoms with van der Waals surface area (Å²) in [6, 6.07) is 35.0. The highest BCUT2D eigenvalue weighted by molar-refractivity contribution is 5.74. The van der Waals surface area contributed by atoms with E-state index in [2.05, 4.69) is 135 Å². The fourth-order valence-corrected chi connectivity index (χ4v) is 3.61. The number of hydrogen-bond donors (Lipinski definition) is 0. The monoisotopic (exact) mass is 392 g/mol. The first-order valence-electron chi connectivity index (χ1n) is 10.3. The third kappa shape index (κ3) is 4.23. The van der Waals surface area contributed by atoms with Crippen molar-refractivity contribution in [3.05, 3.63) is 97.1 Å². The summed E-state index contributed by atoms with van der Waals surface area (Å²) in [7, 11) is 8.25. The largest absolute Gasteiger partial charge is 0.378 e. The zero-order chi connectivity index (χ0) is 21.1. The summed E-state index contributed by atoms with van der Waals surface area (Å²) in [5, 5.41) is 0. The van der Waals surface area contributed by atoms with E-state index < -0.39 is 0 Å². The van der Waals surface area contributed by atoms with E-state index in [1.165, 1.54) is 44.8 Å². The van der Waals surface area contributed by atoms with E-state index in [9.17, 15) is 0 Å². The lowest BCUT2D eigenvalue weighted by atomic mass is 9.98. The Morgan fingerprint density at radius 1 is 0.300 bits per heavy atom. The smallest absolute Gasteiger partial charge is 0.0361 e. The molecule has 0 radical (unpaired) electrons. The second kappa shape index (κ2) is 8.46. The van der Waals surface area contributed by atoms with Gasteiger partial charge < -0.3 is 9.80 Å². The summed E-state index contributed by atoms with van der Waals surface area (Å²) < 4.78 is 0. The van der Waals surface area contributed by atoms with Crippen LogP contribution in [0.15, 0.2) is 97.1 Å². The van der Waals surface area contributed by atoms with Crippen LogP contribution in [0.2, 0.25) is 0 Å². The Balaban J connectivity index is 1.51. The Morgan fingerprint density at radius 2 is 0.467 bits per heavy atom. The minimum atomic E-state index is 1.21. The van der Waals surface area contributed by atoms with Crippen molar-refractivity contribution in [1.82, 2.24) is 0 Å². The summed E-state index contributed by atoms with van der Waals surface area (Å²) in [6.07, 6.45) is 0. The lowest BCUT2D eigenvalue weighted by molar-refractivity contribution is 1.13. The molecule has 0 N–H and O–H groups in total. The molecule has 0 atom stereocenters. The second-order valence-electron chi connectivity index (χ2n) is 8.04. The van der Waals surface area contributed by atoms with Gasteiger partial charge in [-0.3, -0.25) is 0 Å². The quantitative estimate of drug-likeness (QED) is 0.368. The molecule has 0 heterocycles. The molecule has 0 aliphatic heterocycles. The topological polar surface area (TPSA) is 6.48 Å². The van der Waals surface area contributed by atoms with Gasteiger partial charge in [-0.15, -0.1) is 0 Å². The Bertz CT molecular complexity index is 996. The molecule has 4 aromatic carbocycles. The maximum atomic E-state index is 2.20. The summed E-state index contributed by atoms with van der Waals surface area (Å²) >= 11 is 0. The van der Waals surface area contributed by atoms with Crippen molar-refractivity contribution in [1.29, 1.82) is 0 Å². The lowest BCUT2D eigenvalue weighted by Gasteiger charge is -2.13. The van der Waals surface area contributed by atoms with E-state index in [1.807, 2.05) is 0 Å². The van der Waals surface area contributed by atoms with Gasteiger partial charge in [0.15, 0.2) is 0 Å². The molecule has 0 spiro atoms. The van der Waals surface area contributed by atoms with E-state index in [0.717, 1.165) is 0 Å². The zero-order valence-corrected chi connectivity index (χ0v) is 18.1. The van der Waals surface area contributed by atoms with E-state index in [-0.39, 0.29) is 0 Å². The fourth-order valence-electron chi connectivity index (χ4n) is 3.61. The van der Waals surface area contributed by atoms with Crippen LogP contribution in [0, 0.1) is 0 Å². The highest BCUT2D eigenvalue weighted by Crippen LogP contribution is 2.29. The van der Waals surface area contributed by atoms with Crippen molar-refractivity contribution in [2.45, 2.75) is 0 Å². The van der Waals surface area contributed by atoms with E-state index >= 15 is 0 Å². The molecule has 0 unspecified atom stereocenters. The highest BCUT2D eigenvalue weighted by atomic mass is 15.1. The molecule has 150 valence electrons. The third-order valence-corrected chi connectivity index (χ3v) is 5.54. The molecule has 30 heavy (non-hydrogen) atoms. The highest BCUT2D eigenvalue weighted by Gasteiger charge is 2.04. The van der Waals surface area contributed by atoms with Gasteiger partial charge in [0, 0.05) is 39.6 Å². The van der Waals surface area contributed by atoms with Gasteiger partial charge in [-0.2, -0.15) is 0 Å². The standard InChI is InChI=1S/C28H28N2/c1-29(2)27-17-13-25(14-18-27)23-9-5-21(6-10-23)22-7-11-24(12-8-22)26-15-19-28(20-16-26)30(3)4/h5-20H,1-4H3. The molecule has 0 fully saturated rings. The van der Waals surface area contributed by atoms with Crippen LogP contribution < -0.4 is 9.80 Å². The maximum absolute atomic E-state index is 2.20. The molecule has 2 nitrogen and oxygen atoms in total. The van der Waals surface area contributed by atoms with E-state index in [0.29, 0.717) is 0 Å². The molecule has 0 aliphatic carbocycles. The average Bonchev–Trinajstić information content (AvgIpc) is 2.79. The minimum absolute atomic E-state index is 1.21. The first kappa shape index (κ1) is 19.8. The number of anilines is 2. The van der Waals surface area contributed by atoms with Crippen molar-refractivity contribution in [3.8, 4) is 33.4 Å². The van der Waals surface area contributed by atoms with Gasteiger partial charge in [0.25, 0.3) is 0 Å². The molecule has 4 rings (SSSR count). The van der Waals surface area contributed by atoms with Crippen LogP contribution in [0.25, 0.3) is 33.4 Å². The van der Waals surface area contributed by atoms with Gasteiger partial charge in [-0.05, 0) is 57.6 Å². The first-order valence-corrected chi connectivity index (χ1v) is 10.3. The first-order chi connectivity index (χ1) is 14.5. The summed E-state index contributed by atoms with van der Waals surface area (Å²) in [5.74, 6) is 0. The van der Waals surface area contributed by atoms with Crippen LogP contribution in [-0.2, 0) is 0 Å². The van der Waals surface area contributed by atoms with Gasteiger partial charge in [0.05, 0.1) is 0 Å². The molecule has 0 aliphatic rings. The molecular weight excluding hydrogens is 364 g/mol. The van der Waals surface area contributed by atoms with E-state index in [4.69, 9.17) is 0 Å². The van der Waals surface area contributed by atoms with Gasteiger partial charge in [-0.25, -0.2) is 0 Å². The Kier molecular flexibility index (Phi) is 5.58. The molecule has 0 saturated heterocycles. The molecule has 0 bridgehead atoms. The molecule has 4 aromatic rings. The molecule has 0 amide bonds. The van der Waals surface area contributed by atoms with Gasteiger partial charge in [0.2, 0.25) is 0 Å². The SMILES string of the molecule is CN(C)c1ccc(-c2ccc(-c3ccc(-c4ccc(N(C)C)cc4)cc3)cc2)cc1. The Hall–Kier alpha value is -3.52. The van der Waals surface area contributed by atoms with Crippen LogP contribution >= 0.6 is 0 Å². The average molecular weight is 393 g/mol. The van der Waals surface area contributed by atoms with Crippen molar-refractivity contribution >= 4 is 11.4 Å². The Morgan fingerprint density at radius 3 is 0.633 bits per heavy atom. The molecule has 0 aromatic heterocycles. The number of nitrogens with zero attached hydrogens (tertiary/aromatic N) is 2. The van der Waals surface area contributed by atoms with Gasteiger partial charge in [-0.1, -0.05) is 72.8 Å². The number of rotatable bonds is 5. The molecule has 2 heteroatoms.